The Labute approximate surface area is 88.8 Å². The van der Waals surface area contributed by atoms with Crippen LogP contribution in [-0.4, -0.2) is 34.5 Å². The molecule has 0 saturated heterocycles. The highest BCUT2D eigenvalue weighted by atomic mass is 16.1. The largest absolute Gasteiger partial charge is 0.359 e. The van der Waals surface area contributed by atoms with Crippen molar-refractivity contribution < 1.29 is 4.79 Å². The van der Waals surface area contributed by atoms with Crippen LogP contribution in [-0.2, 0) is 17.8 Å². The summed E-state index contributed by atoms with van der Waals surface area (Å²) in [6, 6.07) is 0. The third kappa shape index (κ3) is 4.07. The van der Waals surface area contributed by atoms with Gasteiger partial charge in [-0.1, -0.05) is 5.21 Å². The number of hydrogen-bond acceptors (Lipinski definition) is 4. The molecule has 0 radical (unpaired) electrons. The van der Waals surface area contributed by atoms with E-state index in [9.17, 15) is 4.79 Å². The quantitative estimate of drug-likeness (QED) is 0.652. The average molecular weight is 211 g/mol. The van der Waals surface area contributed by atoms with E-state index in [1.807, 2.05) is 6.20 Å². The Bertz CT molecular complexity index is 309. The topological polar surface area (TPSA) is 85.8 Å². The number of hydrogen-bond donors (Lipinski definition) is 2. The lowest BCUT2D eigenvalue weighted by atomic mass is 10.2. The van der Waals surface area contributed by atoms with Gasteiger partial charge in [0.2, 0.25) is 5.91 Å². The summed E-state index contributed by atoms with van der Waals surface area (Å²) in [7, 11) is 1.62. The highest BCUT2D eigenvalue weighted by Gasteiger charge is 2.02. The summed E-state index contributed by atoms with van der Waals surface area (Å²) >= 11 is 0. The lowest BCUT2D eigenvalue weighted by molar-refractivity contribution is -0.120. The number of nitrogens with zero attached hydrogens (tertiary/aromatic N) is 3. The predicted molar refractivity (Wildman–Crippen MR) is 56.1 cm³/mol. The van der Waals surface area contributed by atoms with Crippen LogP contribution in [0.2, 0.25) is 0 Å². The van der Waals surface area contributed by atoms with Gasteiger partial charge in [-0.05, 0) is 19.4 Å². The number of amides is 1. The Morgan fingerprint density at radius 3 is 3.13 bits per heavy atom. The second-order valence-electron chi connectivity index (χ2n) is 3.29. The van der Waals surface area contributed by atoms with Crippen molar-refractivity contribution in [3.63, 3.8) is 0 Å². The van der Waals surface area contributed by atoms with E-state index >= 15 is 0 Å². The Hall–Kier alpha value is -1.43. The number of aryl methyl sites for hydroxylation is 2. The minimum atomic E-state index is 0.00834. The molecular formula is C9H17N5O. The van der Waals surface area contributed by atoms with Crippen LogP contribution in [0.4, 0.5) is 0 Å². The first-order valence-electron chi connectivity index (χ1n) is 5.06. The Kier molecular flexibility index (Phi) is 4.76. The fourth-order valence-corrected chi connectivity index (χ4v) is 1.19. The van der Waals surface area contributed by atoms with Crippen molar-refractivity contribution in [2.24, 2.45) is 5.73 Å². The van der Waals surface area contributed by atoms with E-state index in [2.05, 4.69) is 15.6 Å². The van der Waals surface area contributed by atoms with Gasteiger partial charge in [0.05, 0.1) is 12.2 Å². The van der Waals surface area contributed by atoms with E-state index in [0.717, 1.165) is 18.5 Å². The minimum Gasteiger partial charge on any atom is -0.359 e. The lowest BCUT2D eigenvalue weighted by Crippen LogP contribution is -2.19. The van der Waals surface area contributed by atoms with Gasteiger partial charge in [-0.25, -0.2) is 0 Å². The third-order valence-corrected chi connectivity index (χ3v) is 2.07. The predicted octanol–water partition coefficient (Wildman–Crippen LogP) is -0.694. The molecule has 0 saturated carbocycles. The first-order valence-corrected chi connectivity index (χ1v) is 5.06. The average Bonchev–Trinajstić information content (AvgIpc) is 2.71. The van der Waals surface area contributed by atoms with Crippen LogP contribution < -0.4 is 11.1 Å². The minimum absolute atomic E-state index is 0.00834. The van der Waals surface area contributed by atoms with Crippen LogP contribution in [0.5, 0.6) is 0 Å². The zero-order chi connectivity index (χ0) is 11.1. The van der Waals surface area contributed by atoms with Gasteiger partial charge in [-0.3, -0.25) is 9.48 Å². The van der Waals surface area contributed by atoms with Crippen LogP contribution in [0.25, 0.3) is 0 Å². The molecule has 0 unspecified atom stereocenters. The molecule has 0 atom stereocenters. The molecule has 0 fully saturated rings. The van der Waals surface area contributed by atoms with Gasteiger partial charge >= 0.3 is 0 Å². The highest BCUT2D eigenvalue weighted by Crippen LogP contribution is 1.98. The van der Waals surface area contributed by atoms with E-state index in [4.69, 9.17) is 5.73 Å². The number of aromatic nitrogens is 3. The second kappa shape index (κ2) is 6.13. The van der Waals surface area contributed by atoms with Crippen LogP contribution >= 0.6 is 0 Å². The van der Waals surface area contributed by atoms with Gasteiger partial charge < -0.3 is 11.1 Å². The molecule has 0 spiro atoms. The van der Waals surface area contributed by atoms with Gasteiger partial charge in [-0.15, -0.1) is 5.10 Å². The number of carbonyl (C=O) groups is 1. The molecule has 1 amide bonds. The van der Waals surface area contributed by atoms with E-state index in [1.54, 1.807) is 11.7 Å². The standard InChI is InChI=1S/C9H17N5O/c1-11-9(15)4-6-14-7-8(12-13-14)3-2-5-10/h7H,2-6,10H2,1H3,(H,11,15). The lowest BCUT2D eigenvalue weighted by Gasteiger charge is -1.98. The zero-order valence-electron chi connectivity index (χ0n) is 8.94. The van der Waals surface area contributed by atoms with Gasteiger partial charge in [0.1, 0.15) is 0 Å². The first kappa shape index (κ1) is 11.6. The number of nitrogens with two attached hydrogens (primary N) is 1. The second-order valence-corrected chi connectivity index (χ2v) is 3.29. The van der Waals surface area contributed by atoms with Gasteiger partial charge in [0, 0.05) is 19.7 Å². The monoisotopic (exact) mass is 211 g/mol. The SMILES string of the molecule is CNC(=O)CCn1cc(CCCN)nn1. The molecule has 84 valence electrons. The molecule has 0 aliphatic carbocycles. The summed E-state index contributed by atoms with van der Waals surface area (Å²) in [5.74, 6) is 0.00834. The molecule has 6 heteroatoms. The number of carbonyl (C=O) groups excluding carboxylic acids is 1. The summed E-state index contributed by atoms with van der Waals surface area (Å²) in [5.41, 5.74) is 6.32. The van der Waals surface area contributed by atoms with Gasteiger partial charge in [-0.2, -0.15) is 0 Å². The van der Waals surface area contributed by atoms with Gasteiger partial charge in [0.25, 0.3) is 0 Å². The van der Waals surface area contributed by atoms with E-state index in [-0.39, 0.29) is 5.91 Å². The summed E-state index contributed by atoms with van der Waals surface area (Å²) in [6.45, 7) is 1.22. The number of rotatable bonds is 6. The van der Waals surface area contributed by atoms with Crippen LogP contribution in [0.1, 0.15) is 18.5 Å². The van der Waals surface area contributed by atoms with E-state index in [0.29, 0.717) is 19.5 Å². The van der Waals surface area contributed by atoms with Crippen molar-refractivity contribution in [3.8, 4) is 0 Å². The molecule has 0 bridgehead atoms. The van der Waals surface area contributed by atoms with Gasteiger partial charge in [0.15, 0.2) is 0 Å². The normalized spacial score (nSPS) is 10.3. The van der Waals surface area contributed by atoms with E-state index in [1.165, 1.54) is 0 Å². The molecule has 0 aliphatic heterocycles. The van der Waals surface area contributed by atoms with Crippen molar-refractivity contribution >= 4 is 5.91 Å². The molecule has 1 heterocycles. The number of nitrogens with one attached hydrogen (secondary N) is 1. The summed E-state index contributed by atoms with van der Waals surface area (Å²) in [5, 5.41) is 10.5. The Morgan fingerprint density at radius 2 is 2.47 bits per heavy atom. The molecule has 1 aromatic heterocycles. The summed E-state index contributed by atoms with van der Waals surface area (Å²) in [6.07, 6.45) is 4.04. The molecule has 3 N–H and O–H groups in total. The fraction of sp³-hybridized carbons (Fsp3) is 0.667. The molecular weight excluding hydrogens is 194 g/mol. The third-order valence-electron chi connectivity index (χ3n) is 2.07. The molecule has 0 aromatic carbocycles. The first-order chi connectivity index (χ1) is 7.26. The zero-order valence-corrected chi connectivity index (χ0v) is 8.94. The van der Waals surface area contributed by atoms with Crippen molar-refractivity contribution in [2.45, 2.75) is 25.8 Å². The van der Waals surface area contributed by atoms with Crippen LogP contribution in [0.15, 0.2) is 6.20 Å². The molecule has 1 rings (SSSR count). The Morgan fingerprint density at radius 1 is 1.67 bits per heavy atom. The summed E-state index contributed by atoms with van der Waals surface area (Å²) in [4.78, 5) is 11.0. The Balaban J connectivity index is 2.35. The smallest absolute Gasteiger partial charge is 0.221 e. The molecule has 6 nitrogen and oxygen atoms in total. The summed E-state index contributed by atoms with van der Waals surface area (Å²) < 4.78 is 1.68. The maximum Gasteiger partial charge on any atom is 0.221 e. The van der Waals surface area contributed by atoms with E-state index < -0.39 is 0 Å². The molecule has 15 heavy (non-hydrogen) atoms. The van der Waals surface area contributed by atoms with Crippen LogP contribution in [0.3, 0.4) is 0 Å². The van der Waals surface area contributed by atoms with Crippen molar-refractivity contribution in [1.29, 1.82) is 0 Å². The van der Waals surface area contributed by atoms with Crippen molar-refractivity contribution in [1.82, 2.24) is 20.3 Å². The van der Waals surface area contributed by atoms with Crippen LogP contribution in [0, 0.1) is 0 Å². The molecule has 0 aliphatic rings. The maximum atomic E-state index is 11.0. The maximum absolute atomic E-state index is 11.0. The fourth-order valence-electron chi connectivity index (χ4n) is 1.19. The highest BCUT2D eigenvalue weighted by molar-refractivity contribution is 5.75. The van der Waals surface area contributed by atoms with Crippen molar-refractivity contribution in [2.75, 3.05) is 13.6 Å². The van der Waals surface area contributed by atoms with Crippen molar-refractivity contribution in [3.05, 3.63) is 11.9 Å². The molecule has 1 aromatic rings.